The number of aromatic nitrogens is 2. The van der Waals surface area contributed by atoms with E-state index in [1.54, 1.807) is 25.3 Å². The lowest BCUT2D eigenvalue weighted by Gasteiger charge is -2.12. The van der Waals surface area contributed by atoms with E-state index in [0.29, 0.717) is 0 Å². The average molecular weight is 359 g/mol. The number of fused-ring (bicyclic) bond motifs is 1. The molecular weight excluding hydrogens is 342 g/mol. The fraction of sp³-hybridized carbons (Fsp3) is 0.0476. The van der Waals surface area contributed by atoms with Crippen LogP contribution < -0.4 is 9.46 Å². The van der Waals surface area contributed by atoms with Gasteiger partial charge in [-0.05, 0) is 60.0 Å². The quantitative estimate of drug-likeness (QED) is 0.482. The summed E-state index contributed by atoms with van der Waals surface area (Å²) in [4.78, 5) is 9.92. The molecule has 4 aromatic rings. The van der Waals surface area contributed by atoms with Gasteiger partial charge in [-0.15, -0.1) is 0 Å². The first kappa shape index (κ1) is 16.4. The predicted molar refractivity (Wildman–Crippen MR) is 107 cm³/mol. The lowest BCUT2D eigenvalue weighted by atomic mass is 10.0. The molecule has 2 aromatic carbocycles. The van der Waals surface area contributed by atoms with Crippen molar-refractivity contribution in [1.29, 1.82) is 0 Å². The normalized spacial score (nSPS) is 10.7. The maximum Gasteiger partial charge on any atom is 0.118 e. The van der Waals surface area contributed by atoms with Gasteiger partial charge in [-0.2, -0.15) is 0 Å². The molecule has 2 heterocycles. The smallest absolute Gasteiger partial charge is 0.118 e. The van der Waals surface area contributed by atoms with Crippen molar-refractivity contribution < 1.29 is 4.74 Å². The van der Waals surface area contributed by atoms with Crippen molar-refractivity contribution in [3.05, 3.63) is 79.3 Å². The standard InChI is InChI=1S/C21H17N3OS/c1-25-16-6-8-17(9-7-16)26-24-20-11-10-18(15-4-2-12-22-14-15)19-5-3-13-23-21(19)20/h2-14,24H,1H3. The molecule has 4 nitrogen and oxygen atoms in total. The van der Waals surface area contributed by atoms with Crippen LogP contribution in [0.25, 0.3) is 22.0 Å². The summed E-state index contributed by atoms with van der Waals surface area (Å²) in [6, 6.07) is 20.2. The van der Waals surface area contributed by atoms with E-state index in [0.717, 1.165) is 38.4 Å². The molecule has 5 heteroatoms. The molecule has 0 fully saturated rings. The molecule has 128 valence electrons. The number of hydrogen-bond donors (Lipinski definition) is 1. The minimum Gasteiger partial charge on any atom is -0.497 e. The van der Waals surface area contributed by atoms with Crippen LogP contribution in [0.15, 0.2) is 84.1 Å². The molecule has 4 rings (SSSR count). The van der Waals surface area contributed by atoms with Crippen LogP contribution in [0, 0.1) is 0 Å². The van der Waals surface area contributed by atoms with Gasteiger partial charge < -0.3 is 9.46 Å². The van der Waals surface area contributed by atoms with Crippen LogP contribution in [0.4, 0.5) is 5.69 Å². The molecule has 2 aromatic heterocycles. The summed E-state index contributed by atoms with van der Waals surface area (Å²) in [6.45, 7) is 0. The van der Waals surface area contributed by atoms with Crippen molar-refractivity contribution in [3.63, 3.8) is 0 Å². The summed E-state index contributed by atoms with van der Waals surface area (Å²) in [6.07, 6.45) is 5.48. The SMILES string of the molecule is COc1ccc(SNc2ccc(-c3cccnc3)c3cccnc23)cc1. The molecule has 0 bridgehead atoms. The Morgan fingerprint density at radius 2 is 1.77 bits per heavy atom. The van der Waals surface area contributed by atoms with E-state index in [9.17, 15) is 0 Å². The topological polar surface area (TPSA) is 47.0 Å². The summed E-state index contributed by atoms with van der Waals surface area (Å²) in [5, 5.41) is 1.10. The Morgan fingerprint density at radius 3 is 2.54 bits per heavy atom. The zero-order chi connectivity index (χ0) is 17.8. The number of benzene rings is 2. The van der Waals surface area contributed by atoms with E-state index >= 15 is 0 Å². The first-order valence-corrected chi connectivity index (χ1v) is 9.02. The van der Waals surface area contributed by atoms with Crippen molar-refractivity contribution in [3.8, 4) is 16.9 Å². The number of anilines is 1. The first-order valence-electron chi connectivity index (χ1n) is 8.20. The molecule has 0 unspecified atom stereocenters. The summed E-state index contributed by atoms with van der Waals surface area (Å²) >= 11 is 1.55. The van der Waals surface area contributed by atoms with Crippen molar-refractivity contribution in [2.24, 2.45) is 0 Å². The highest BCUT2D eigenvalue weighted by atomic mass is 32.2. The van der Waals surface area contributed by atoms with Crippen molar-refractivity contribution in [1.82, 2.24) is 9.97 Å². The number of methoxy groups -OCH3 is 1. The fourth-order valence-corrected chi connectivity index (χ4v) is 3.45. The highest BCUT2D eigenvalue weighted by Crippen LogP contribution is 2.33. The Balaban J connectivity index is 1.66. The van der Waals surface area contributed by atoms with E-state index in [1.165, 1.54) is 0 Å². The van der Waals surface area contributed by atoms with Gasteiger partial charge in [0.15, 0.2) is 0 Å². The highest BCUT2D eigenvalue weighted by molar-refractivity contribution is 8.00. The second kappa shape index (κ2) is 7.45. The zero-order valence-electron chi connectivity index (χ0n) is 14.2. The Hall–Kier alpha value is -3.05. The van der Waals surface area contributed by atoms with Gasteiger partial charge in [0.2, 0.25) is 0 Å². The predicted octanol–water partition coefficient (Wildman–Crippen LogP) is 5.42. The minimum atomic E-state index is 0.849. The maximum atomic E-state index is 5.20. The Morgan fingerprint density at radius 1 is 0.923 bits per heavy atom. The highest BCUT2D eigenvalue weighted by Gasteiger charge is 2.09. The van der Waals surface area contributed by atoms with Gasteiger partial charge >= 0.3 is 0 Å². The summed E-state index contributed by atoms with van der Waals surface area (Å²) in [7, 11) is 1.67. The lowest BCUT2D eigenvalue weighted by molar-refractivity contribution is 0.414. The number of pyridine rings is 2. The third-order valence-electron chi connectivity index (χ3n) is 4.08. The van der Waals surface area contributed by atoms with Crippen LogP contribution in [0.1, 0.15) is 0 Å². The summed E-state index contributed by atoms with van der Waals surface area (Å²) in [5.41, 5.74) is 4.13. The molecule has 0 spiro atoms. The van der Waals surface area contributed by atoms with Gasteiger partial charge in [0.25, 0.3) is 0 Å². The van der Waals surface area contributed by atoms with Gasteiger partial charge in [-0.25, -0.2) is 0 Å². The summed E-state index contributed by atoms with van der Waals surface area (Å²) < 4.78 is 8.62. The van der Waals surface area contributed by atoms with E-state index in [-0.39, 0.29) is 0 Å². The number of nitrogens with zero attached hydrogens (tertiary/aromatic N) is 2. The Labute approximate surface area is 156 Å². The molecule has 0 atom stereocenters. The molecule has 26 heavy (non-hydrogen) atoms. The fourth-order valence-electron chi connectivity index (χ4n) is 2.79. The number of hydrogen-bond acceptors (Lipinski definition) is 5. The molecule has 0 aliphatic rings. The minimum absolute atomic E-state index is 0.849. The third-order valence-corrected chi connectivity index (χ3v) is 4.91. The molecule has 0 amide bonds. The number of ether oxygens (including phenoxy) is 1. The number of nitrogens with one attached hydrogen (secondary N) is 1. The largest absolute Gasteiger partial charge is 0.497 e. The monoisotopic (exact) mass is 359 g/mol. The van der Waals surface area contributed by atoms with Crippen molar-refractivity contribution in [2.75, 3.05) is 11.8 Å². The molecule has 0 aliphatic carbocycles. The van der Waals surface area contributed by atoms with Gasteiger partial charge in [0, 0.05) is 34.4 Å². The molecular formula is C21H17N3OS. The molecule has 0 saturated heterocycles. The second-order valence-corrected chi connectivity index (χ2v) is 6.56. The lowest BCUT2D eigenvalue weighted by Crippen LogP contribution is -1.92. The van der Waals surface area contributed by atoms with Crippen LogP contribution in [0.3, 0.4) is 0 Å². The summed E-state index contributed by atoms with van der Waals surface area (Å²) in [5.74, 6) is 0.849. The van der Waals surface area contributed by atoms with Gasteiger partial charge in [0.1, 0.15) is 5.75 Å². The molecule has 0 radical (unpaired) electrons. The Bertz CT molecular complexity index is 1020. The third kappa shape index (κ3) is 3.34. The van der Waals surface area contributed by atoms with Gasteiger partial charge in [-0.1, -0.05) is 18.2 Å². The zero-order valence-corrected chi connectivity index (χ0v) is 15.0. The first-order chi connectivity index (χ1) is 12.8. The van der Waals surface area contributed by atoms with Crippen LogP contribution >= 0.6 is 11.9 Å². The van der Waals surface area contributed by atoms with E-state index in [2.05, 4.69) is 39.0 Å². The average Bonchev–Trinajstić information content (AvgIpc) is 2.73. The van der Waals surface area contributed by atoms with Gasteiger partial charge in [0.05, 0.1) is 18.3 Å². The van der Waals surface area contributed by atoms with Crippen molar-refractivity contribution in [2.45, 2.75) is 4.90 Å². The molecule has 1 N–H and O–H groups in total. The van der Waals surface area contributed by atoms with Crippen LogP contribution in [-0.4, -0.2) is 17.1 Å². The Kier molecular flexibility index (Phi) is 4.71. The second-order valence-electron chi connectivity index (χ2n) is 5.68. The van der Waals surface area contributed by atoms with Gasteiger partial charge in [-0.3, -0.25) is 9.97 Å². The van der Waals surface area contributed by atoms with Crippen LogP contribution in [0.5, 0.6) is 5.75 Å². The number of rotatable bonds is 5. The van der Waals surface area contributed by atoms with Crippen LogP contribution in [-0.2, 0) is 0 Å². The van der Waals surface area contributed by atoms with E-state index < -0.39 is 0 Å². The van der Waals surface area contributed by atoms with Crippen LogP contribution in [0.2, 0.25) is 0 Å². The van der Waals surface area contributed by atoms with Crippen molar-refractivity contribution >= 4 is 28.5 Å². The molecule has 0 saturated carbocycles. The molecule has 0 aliphatic heterocycles. The van der Waals surface area contributed by atoms with E-state index in [1.807, 2.05) is 48.8 Å². The van der Waals surface area contributed by atoms with E-state index in [4.69, 9.17) is 4.74 Å². The maximum absolute atomic E-state index is 5.20.